The Morgan fingerprint density at radius 2 is 1.73 bits per heavy atom. The highest BCUT2D eigenvalue weighted by molar-refractivity contribution is 5.96. The number of alkyl halides is 2. The van der Waals surface area contributed by atoms with Gasteiger partial charge in [-0.1, -0.05) is 48.0 Å². The number of carbonyl (C=O) groups is 1. The van der Waals surface area contributed by atoms with Crippen LogP contribution in [0.15, 0.2) is 48.5 Å². The minimum absolute atomic E-state index is 0.169. The van der Waals surface area contributed by atoms with Crippen LogP contribution in [0, 0.1) is 6.92 Å². The number of carbonyl (C=O) groups excluding carboxylic acids is 1. The molecular weight excluding hydrogens is 330 g/mol. The van der Waals surface area contributed by atoms with Crippen LogP contribution in [-0.4, -0.2) is 11.7 Å². The molecule has 3 heteroatoms. The molecule has 0 radical (unpaired) electrons. The number of halogens is 2. The zero-order chi connectivity index (χ0) is 18.9. The summed E-state index contributed by atoms with van der Waals surface area (Å²) in [5.41, 5.74) is 4.60. The van der Waals surface area contributed by atoms with Crippen molar-refractivity contribution in [2.24, 2.45) is 0 Å². The maximum Gasteiger partial charge on any atom is 0.271 e. The molecule has 0 spiro atoms. The Kier molecular flexibility index (Phi) is 5.08. The number of benzene rings is 2. The number of ketones is 1. The Labute approximate surface area is 153 Å². The van der Waals surface area contributed by atoms with Crippen LogP contribution in [0.3, 0.4) is 0 Å². The van der Waals surface area contributed by atoms with Gasteiger partial charge < -0.3 is 0 Å². The normalized spacial score (nSPS) is 15.2. The van der Waals surface area contributed by atoms with E-state index in [1.54, 1.807) is 0 Å². The minimum atomic E-state index is -3.06. The average Bonchev–Trinajstić information content (AvgIpc) is 3.38. The molecule has 0 aromatic heterocycles. The van der Waals surface area contributed by atoms with Crippen molar-refractivity contribution in [1.82, 2.24) is 0 Å². The van der Waals surface area contributed by atoms with Crippen molar-refractivity contribution in [3.63, 3.8) is 0 Å². The van der Waals surface area contributed by atoms with Crippen molar-refractivity contribution in [2.75, 3.05) is 0 Å². The first-order chi connectivity index (χ1) is 12.2. The van der Waals surface area contributed by atoms with Gasteiger partial charge in [0.1, 0.15) is 0 Å². The fourth-order valence-electron chi connectivity index (χ4n) is 3.28. The van der Waals surface area contributed by atoms with Gasteiger partial charge in [-0.2, -0.15) is 0 Å². The van der Waals surface area contributed by atoms with Crippen LogP contribution in [0.1, 0.15) is 60.4 Å². The standard InChI is InChI=1S/C23H24F2O/c1-15-4-6-17(7-5-15)13-18-8-11-20(19-9-10-19)21(14-18)22(12-16(2)26)23(3,24)25/h4-8,11-12,14,19H,9-10,13H2,1-3H3/b22-12+. The van der Waals surface area contributed by atoms with E-state index in [-0.39, 0.29) is 11.4 Å². The first-order valence-electron chi connectivity index (χ1n) is 9.03. The number of aryl methyl sites for hydroxylation is 1. The quantitative estimate of drug-likeness (QED) is 0.574. The van der Waals surface area contributed by atoms with E-state index in [4.69, 9.17) is 0 Å². The molecule has 136 valence electrons. The van der Waals surface area contributed by atoms with Crippen LogP contribution < -0.4 is 0 Å². The molecule has 1 fully saturated rings. The molecule has 26 heavy (non-hydrogen) atoms. The average molecular weight is 354 g/mol. The van der Waals surface area contributed by atoms with E-state index in [0.717, 1.165) is 42.5 Å². The zero-order valence-electron chi connectivity index (χ0n) is 15.5. The summed E-state index contributed by atoms with van der Waals surface area (Å²) in [6, 6.07) is 14.1. The fraction of sp³-hybridized carbons (Fsp3) is 0.348. The van der Waals surface area contributed by atoms with Crippen molar-refractivity contribution in [3.05, 3.63) is 76.4 Å². The summed E-state index contributed by atoms with van der Waals surface area (Å²) in [6.45, 7) is 4.22. The summed E-state index contributed by atoms with van der Waals surface area (Å²) in [5, 5.41) is 0. The van der Waals surface area contributed by atoms with Gasteiger partial charge in [-0.05, 0) is 67.4 Å². The predicted octanol–water partition coefficient (Wildman–Crippen LogP) is 6.09. The van der Waals surface area contributed by atoms with Crippen molar-refractivity contribution in [3.8, 4) is 0 Å². The van der Waals surface area contributed by atoms with Crippen LogP contribution in [0.4, 0.5) is 8.78 Å². The van der Waals surface area contributed by atoms with Crippen LogP contribution in [0.2, 0.25) is 0 Å². The molecule has 1 aliphatic rings. The molecule has 0 bridgehead atoms. The molecule has 2 aromatic carbocycles. The van der Waals surface area contributed by atoms with Crippen molar-refractivity contribution < 1.29 is 13.6 Å². The molecule has 3 rings (SSSR count). The first-order valence-corrected chi connectivity index (χ1v) is 9.03. The summed E-state index contributed by atoms with van der Waals surface area (Å²) in [7, 11) is 0. The smallest absolute Gasteiger partial charge is 0.271 e. The Hall–Kier alpha value is -2.29. The first kappa shape index (κ1) is 18.5. The highest BCUT2D eigenvalue weighted by Crippen LogP contribution is 2.46. The summed E-state index contributed by atoms with van der Waals surface area (Å²) in [5.74, 6) is -3.08. The molecule has 0 N–H and O–H groups in total. The second kappa shape index (κ2) is 7.14. The largest absolute Gasteiger partial charge is 0.295 e. The number of rotatable bonds is 6. The summed E-state index contributed by atoms with van der Waals surface area (Å²) < 4.78 is 28.6. The van der Waals surface area contributed by atoms with Crippen molar-refractivity contribution >= 4 is 11.4 Å². The lowest BCUT2D eigenvalue weighted by Gasteiger charge is -2.20. The molecule has 1 aliphatic carbocycles. The SMILES string of the molecule is CC(=O)/C=C(\c1cc(Cc2ccc(C)cc2)ccc1C1CC1)C(C)(F)F. The second-order valence-electron chi connectivity index (χ2n) is 7.42. The van der Waals surface area contributed by atoms with E-state index < -0.39 is 5.92 Å². The van der Waals surface area contributed by atoms with Crippen LogP contribution >= 0.6 is 0 Å². The van der Waals surface area contributed by atoms with Crippen LogP contribution in [-0.2, 0) is 11.2 Å². The minimum Gasteiger partial charge on any atom is -0.295 e. The Bertz CT molecular complexity index is 838. The molecule has 1 saturated carbocycles. The van der Waals surface area contributed by atoms with Crippen LogP contribution in [0.25, 0.3) is 5.57 Å². The third-order valence-corrected chi connectivity index (χ3v) is 4.77. The molecule has 0 amide bonds. The molecule has 0 atom stereocenters. The van der Waals surface area contributed by atoms with E-state index in [2.05, 4.69) is 24.3 Å². The van der Waals surface area contributed by atoms with E-state index in [0.29, 0.717) is 17.9 Å². The Morgan fingerprint density at radius 3 is 2.27 bits per heavy atom. The molecule has 1 nitrogen and oxygen atoms in total. The van der Waals surface area contributed by atoms with E-state index in [1.807, 2.05) is 25.1 Å². The Balaban J connectivity index is 2.03. The predicted molar refractivity (Wildman–Crippen MR) is 102 cm³/mol. The molecule has 2 aromatic rings. The highest BCUT2D eigenvalue weighted by atomic mass is 19.3. The van der Waals surface area contributed by atoms with E-state index >= 15 is 0 Å². The maximum atomic E-state index is 14.3. The van der Waals surface area contributed by atoms with Crippen LogP contribution in [0.5, 0.6) is 0 Å². The number of hydrogen-bond acceptors (Lipinski definition) is 1. The molecule has 0 heterocycles. The molecular formula is C23H24F2O. The monoisotopic (exact) mass is 354 g/mol. The van der Waals surface area contributed by atoms with Gasteiger partial charge >= 0.3 is 0 Å². The lowest BCUT2D eigenvalue weighted by molar-refractivity contribution is -0.112. The van der Waals surface area contributed by atoms with Gasteiger partial charge in [-0.3, -0.25) is 4.79 Å². The van der Waals surface area contributed by atoms with E-state index in [9.17, 15) is 13.6 Å². The third-order valence-electron chi connectivity index (χ3n) is 4.77. The molecule has 0 unspecified atom stereocenters. The number of hydrogen-bond donors (Lipinski definition) is 0. The lowest BCUT2D eigenvalue weighted by Crippen LogP contribution is -2.15. The van der Waals surface area contributed by atoms with Gasteiger partial charge in [0.25, 0.3) is 5.92 Å². The summed E-state index contributed by atoms with van der Waals surface area (Å²) in [4.78, 5) is 11.6. The third kappa shape index (κ3) is 4.46. The van der Waals surface area contributed by atoms with Crippen molar-refractivity contribution in [2.45, 2.75) is 51.9 Å². The van der Waals surface area contributed by atoms with Gasteiger partial charge in [0, 0.05) is 12.5 Å². The van der Waals surface area contributed by atoms with E-state index in [1.165, 1.54) is 12.5 Å². The summed E-state index contributed by atoms with van der Waals surface area (Å²) >= 11 is 0. The Morgan fingerprint density at radius 1 is 1.12 bits per heavy atom. The van der Waals surface area contributed by atoms with Gasteiger partial charge in [0.05, 0.1) is 0 Å². The molecule has 0 saturated heterocycles. The topological polar surface area (TPSA) is 17.1 Å². The fourth-order valence-corrected chi connectivity index (χ4v) is 3.28. The summed E-state index contributed by atoms with van der Waals surface area (Å²) in [6.07, 6.45) is 3.82. The lowest BCUT2D eigenvalue weighted by atomic mass is 9.89. The number of allylic oxidation sites excluding steroid dienone is 2. The van der Waals surface area contributed by atoms with Crippen molar-refractivity contribution in [1.29, 1.82) is 0 Å². The highest BCUT2D eigenvalue weighted by Gasteiger charge is 2.34. The van der Waals surface area contributed by atoms with Gasteiger partial charge in [0.15, 0.2) is 5.78 Å². The zero-order valence-corrected chi connectivity index (χ0v) is 15.5. The second-order valence-corrected chi connectivity index (χ2v) is 7.42. The van der Waals surface area contributed by atoms with Gasteiger partial charge in [-0.25, -0.2) is 8.78 Å². The van der Waals surface area contributed by atoms with Gasteiger partial charge in [-0.15, -0.1) is 0 Å². The maximum absolute atomic E-state index is 14.3. The molecule has 0 aliphatic heterocycles. The van der Waals surface area contributed by atoms with Gasteiger partial charge in [0.2, 0.25) is 0 Å².